The predicted molar refractivity (Wildman–Crippen MR) is 105 cm³/mol. The molecule has 27 heavy (non-hydrogen) atoms. The van der Waals surface area contributed by atoms with E-state index in [-0.39, 0.29) is 11.9 Å². The molecule has 140 valence electrons. The van der Waals surface area contributed by atoms with E-state index in [1.165, 1.54) is 5.56 Å². The third kappa shape index (κ3) is 4.43. The average Bonchev–Trinajstić information content (AvgIpc) is 3.26. The molecular formula is C22H25N3O2. The maximum absolute atomic E-state index is 12.5. The minimum atomic E-state index is 0.141. The van der Waals surface area contributed by atoms with Crippen LogP contribution in [0.4, 0.5) is 0 Å². The van der Waals surface area contributed by atoms with Crippen molar-refractivity contribution in [2.45, 2.75) is 19.0 Å². The van der Waals surface area contributed by atoms with Gasteiger partial charge in [0, 0.05) is 50.4 Å². The summed E-state index contributed by atoms with van der Waals surface area (Å²) in [6.07, 6.45) is 6.44. The van der Waals surface area contributed by atoms with Gasteiger partial charge in [0.05, 0.1) is 18.9 Å². The first-order chi connectivity index (χ1) is 13.3. The van der Waals surface area contributed by atoms with Crippen molar-refractivity contribution in [3.05, 3.63) is 66.4 Å². The Kier molecular flexibility index (Phi) is 5.61. The summed E-state index contributed by atoms with van der Waals surface area (Å²) in [4.78, 5) is 21.2. The zero-order chi connectivity index (χ0) is 18.5. The Bertz CT molecular complexity index is 781. The van der Waals surface area contributed by atoms with Crippen molar-refractivity contribution in [1.82, 2.24) is 14.8 Å². The topological polar surface area (TPSA) is 45.7 Å². The standard InChI is InChI=1S/C22H25N3O2/c26-22(24-11-3-4-12-24)15-20-17-27-14-13-25(20)16-18-6-8-19(9-7-18)21-5-1-2-10-23-21/h1-10,20H,11-17H2/t20-/m1/s1. The van der Waals surface area contributed by atoms with Crippen molar-refractivity contribution >= 4 is 5.91 Å². The highest BCUT2D eigenvalue weighted by Crippen LogP contribution is 2.20. The molecule has 1 fully saturated rings. The van der Waals surface area contributed by atoms with Gasteiger partial charge in [0.25, 0.3) is 0 Å². The zero-order valence-corrected chi connectivity index (χ0v) is 15.5. The van der Waals surface area contributed by atoms with Gasteiger partial charge in [-0.1, -0.05) is 42.5 Å². The lowest BCUT2D eigenvalue weighted by atomic mass is 10.1. The minimum Gasteiger partial charge on any atom is -0.378 e. The van der Waals surface area contributed by atoms with Crippen LogP contribution in [0.3, 0.4) is 0 Å². The smallest absolute Gasteiger partial charge is 0.224 e. The van der Waals surface area contributed by atoms with E-state index >= 15 is 0 Å². The van der Waals surface area contributed by atoms with Crippen LogP contribution < -0.4 is 0 Å². The fourth-order valence-electron chi connectivity index (χ4n) is 3.65. The number of amides is 1. The number of morpholine rings is 1. The second-order valence-corrected chi connectivity index (χ2v) is 7.09. The molecular weight excluding hydrogens is 338 g/mol. The van der Waals surface area contributed by atoms with Gasteiger partial charge in [-0.05, 0) is 17.7 Å². The first kappa shape index (κ1) is 17.9. The molecule has 0 spiro atoms. The first-order valence-electron chi connectivity index (χ1n) is 9.54. The van der Waals surface area contributed by atoms with Crippen molar-refractivity contribution < 1.29 is 9.53 Å². The second kappa shape index (κ2) is 8.46. The molecule has 1 atom stereocenters. The highest BCUT2D eigenvalue weighted by Gasteiger charge is 2.27. The van der Waals surface area contributed by atoms with Crippen LogP contribution in [-0.4, -0.2) is 59.6 Å². The van der Waals surface area contributed by atoms with Crippen LogP contribution in [0, 0.1) is 0 Å². The second-order valence-electron chi connectivity index (χ2n) is 7.09. The van der Waals surface area contributed by atoms with Crippen LogP contribution in [-0.2, 0) is 16.1 Å². The van der Waals surface area contributed by atoms with E-state index in [1.807, 2.05) is 29.3 Å². The molecule has 0 unspecified atom stereocenters. The molecule has 1 aromatic carbocycles. The Morgan fingerprint density at radius 2 is 1.93 bits per heavy atom. The summed E-state index contributed by atoms with van der Waals surface area (Å²) in [5.41, 5.74) is 3.35. The quantitative estimate of drug-likeness (QED) is 0.767. The molecule has 1 amide bonds. The number of aromatic nitrogens is 1. The molecule has 5 nitrogen and oxygen atoms in total. The Morgan fingerprint density at radius 1 is 1.11 bits per heavy atom. The van der Waals surface area contributed by atoms with Gasteiger partial charge in [-0.25, -0.2) is 0 Å². The number of ether oxygens (including phenoxy) is 1. The van der Waals surface area contributed by atoms with Crippen molar-refractivity contribution in [2.24, 2.45) is 0 Å². The molecule has 0 N–H and O–H groups in total. The Morgan fingerprint density at radius 3 is 2.67 bits per heavy atom. The van der Waals surface area contributed by atoms with Crippen molar-refractivity contribution in [1.29, 1.82) is 0 Å². The number of rotatable bonds is 5. The highest BCUT2D eigenvalue weighted by molar-refractivity contribution is 5.77. The normalized spacial score (nSPS) is 20.1. The maximum Gasteiger partial charge on any atom is 0.224 e. The SMILES string of the molecule is O=C(C[C@@H]1COCCN1Cc1ccc(-c2ccccn2)cc1)N1CC=CC1. The van der Waals surface area contributed by atoms with E-state index < -0.39 is 0 Å². The number of hydrogen-bond donors (Lipinski definition) is 0. The molecule has 1 aromatic heterocycles. The highest BCUT2D eigenvalue weighted by atomic mass is 16.5. The van der Waals surface area contributed by atoms with E-state index in [1.54, 1.807) is 0 Å². The summed E-state index contributed by atoms with van der Waals surface area (Å²) in [6.45, 7) is 4.52. The third-order valence-electron chi connectivity index (χ3n) is 5.23. The fourth-order valence-corrected chi connectivity index (χ4v) is 3.65. The lowest BCUT2D eigenvalue weighted by Gasteiger charge is -2.36. The largest absolute Gasteiger partial charge is 0.378 e. The summed E-state index contributed by atoms with van der Waals surface area (Å²) in [5, 5.41) is 0. The lowest BCUT2D eigenvalue weighted by molar-refractivity contribution is -0.133. The summed E-state index contributed by atoms with van der Waals surface area (Å²) >= 11 is 0. The van der Waals surface area contributed by atoms with Gasteiger partial charge in [0.1, 0.15) is 0 Å². The average molecular weight is 363 g/mol. The summed E-state index contributed by atoms with van der Waals surface area (Å²) < 4.78 is 5.65. The number of carbonyl (C=O) groups excluding carboxylic acids is 1. The van der Waals surface area contributed by atoms with Gasteiger partial charge in [-0.15, -0.1) is 0 Å². The van der Waals surface area contributed by atoms with Crippen LogP contribution in [0.1, 0.15) is 12.0 Å². The molecule has 0 radical (unpaired) electrons. The molecule has 0 aliphatic carbocycles. The summed E-state index contributed by atoms with van der Waals surface area (Å²) in [5.74, 6) is 0.214. The Balaban J connectivity index is 1.39. The number of hydrogen-bond acceptors (Lipinski definition) is 4. The minimum absolute atomic E-state index is 0.141. The third-order valence-corrected chi connectivity index (χ3v) is 5.23. The molecule has 0 saturated carbocycles. The van der Waals surface area contributed by atoms with Crippen LogP contribution >= 0.6 is 0 Å². The molecule has 4 rings (SSSR count). The van der Waals surface area contributed by atoms with Gasteiger partial charge in [-0.2, -0.15) is 0 Å². The molecule has 2 aromatic rings. The van der Waals surface area contributed by atoms with Crippen molar-refractivity contribution in [3.63, 3.8) is 0 Å². The molecule has 1 saturated heterocycles. The van der Waals surface area contributed by atoms with E-state index in [0.717, 1.165) is 44.0 Å². The first-order valence-corrected chi connectivity index (χ1v) is 9.54. The van der Waals surface area contributed by atoms with Gasteiger partial charge in [0.15, 0.2) is 0 Å². The van der Waals surface area contributed by atoms with Crippen LogP contribution in [0.5, 0.6) is 0 Å². The number of pyridine rings is 1. The number of nitrogens with zero attached hydrogens (tertiary/aromatic N) is 3. The van der Waals surface area contributed by atoms with Gasteiger partial charge >= 0.3 is 0 Å². The van der Waals surface area contributed by atoms with Gasteiger partial charge in [0.2, 0.25) is 5.91 Å². The summed E-state index contributed by atoms with van der Waals surface area (Å²) in [7, 11) is 0. The Hall–Kier alpha value is -2.50. The lowest BCUT2D eigenvalue weighted by Crippen LogP contribution is -2.47. The predicted octanol–water partition coefficient (Wildman–Crippen LogP) is 2.74. The van der Waals surface area contributed by atoms with Crippen molar-refractivity contribution in [3.8, 4) is 11.3 Å². The molecule has 2 aliphatic heterocycles. The number of carbonyl (C=O) groups is 1. The van der Waals surface area contributed by atoms with E-state index in [2.05, 4.69) is 46.3 Å². The molecule has 0 bridgehead atoms. The van der Waals surface area contributed by atoms with Crippen LogP contribution in [0.25, 0.3) is 11.3 Å². The van der Waals surface area contributed by atoms with Gasteiger partial charge < -0.3 is 9.64 Å². The summed E-state index contributed by atoms with van der Waals surface area (Å²) in [6, 6.07) is 14.6. The molecule has 3 heterocycles. The number of benzene rings is 1. The Labute approximate surface area is 160 Å². The van der Waals surface area contributed by atoms with Crippen LogP contribution in [0.15, 0.2) is 60.8 Å². The zero-order valence-electron chi connectivity index (χ0n) is 15.5. The van der Waals surface area contributed by atoms with E-state index in [0.29, 0.717) is 13.0 Å². The molecule has 2 aliphatic rings. The van der Waals surface area contributed by atoms with E-state index in [4.69, 9.17) is 4.74 Å². The van der Waals surface area contributed by atoms with Crippen molar-refractivity contribution in [2.75, 3.05) is 32.8 Å². The maximum atomic E-state index is 12.5. The van der Waals surface area contributed by atoms with Gasteiger partial charge in [-0.3, -0.25) is 14.7 Å². The monoisotopic (exact) mass is 363 g/mol. The fraction of sp³-hybridized carbons (Fsp3) is 0.364. The molecule has 5 heteroatoms. The van der Waals surface area contributed by atoms with E-state index in [9.17, 15) is 4.79 Å². The van der Waals surface area contributed by atoms with Crippen LogP contribution in [0.2, 0.25) is 0 Å².